The van der Waals surface area contributed by atoms with Gasteiger partial charge < -0.3 is 10.1 Å². The van der Waals surface area contributed by atoms with Crippen molar-refractivity contribution in [3.63, 3.8) is 0 Å². The summed E-state index contributed by atoms with van der Waals surface area (Å²) in [6.45, 7) is 8.43. The van der Waals surface area contributed by atoms with Crippen LogP contribution in [-0.2, 0) is 22.4 Å². The molecule has 0 radical (unpaired) electrons. The highest BCUT2D eigenvalue weighted by Crippen LogP contribution is 2.40. The van der Waals surface area contributed by atoms with Crippen LogP contribution in [0.3, 0.4) is 0 Å². The largest absolute Gasteiger partial charge is 0.451 e. The zero-order valence-electron chi connectivity index (χ0n) is 15.2. The van der Waals surface area contributed by atoms with Crippen molar-refractivity contribution < 1.29 is 19.1 Å². The Bertz CT molecular complexity index is 661. The number of imide groups is 1. The molecule has 1 aliphatic rings. The number of carbonyl (C=O) groups excluding carboxylic acids is 3. The first-order valence-electron chi connectivity index (χ1n) is 8.57. The Morgan fingerprint density at radius 2 is 2.04 bits per heavy atom. The summed E-state index contributed by atoms with van der Waals surface area (Å²) < 4.78 is 5.02. The summed E-state index contributed by atoms with van der Waals surface area (Å²) in [4.78, 5) is 36.7. The molecule has 1 atom stereocenters. The normalized spacial score (nSPS) is 16.7. The zero-order valence-corrected chi connectivity index (χ0v) is 16.0. The molecule has 0 aliphatic heterocycles. The second-order valence-electron chi connectivity index (χ2n) is 7.35. The summed E-state index contributed by atoms with van der Waals surface area (Å²) in [5, 5.41) is 4.53. The molecule has 0 spiro atoms. The Morgan fingerprint density at radius 1 is 1.32 bits per heavy atom. The smallest absolute Gasteiger partial charge is 0.348 e. The maximum Gasteiger partial charge on any atom is 0.348 e. The first-order valence-corrected chi connectivity index (χ1v) is 9.38. The van der Waals surface area contributed by atoms with Gasteiger partial charge >= 0.3 is 12.0 Å². The number of rotatable bonds is 4. The topological polar surface area (TPSA) is 84.5 Å². The quantitative estimate of drug-likeness (QED) is 0.803. The third-order valence-corrected chi connectivity index (χ3v) is 5.65. The summed E-state index contributed by atoms with van der Waals surface area (Å²) >= 11 is 1.44. The highest BCUT2D eigenvalue weighted by molar-refractivity contribution is 7.14. The van der Waals surface area contributed by atoms with Crippen LogP contribution in [0, 0.1) is 11.3 Å². The lowest BCUT2D eigenvalue weighted by molar-refractivity contribution is -0.123. The van der Waals surface area contributed by atoms with E-state index in [-0.39, 0.29) is 5.41 Å². The molecular weight excluding hydrogens is 340 g/mol. The zero-order chi connectivity index (χ0) is 18.6. The second kappa shape index (κ2) is 7.99. The van der Waals surface area contributed by atoms with Gasteiger partial charge in [-0.05, 0) is 49.1 Å². The van der Waals surface area contributed by atoms with E-state index in [1.807, 2.05) is 6.07 Å². The van der Waals surface area contributed by atoms with Gasteiger partial charge in [-0.1, -0.05) is 20.8 Å². The first-order chi connectivity index (χ1) is 11.7. The van der Waals surface area contributed by atoms with E-state index >= 15 is 0 Å². The van der Waals surface area contributed by atoms with E-state index in [0.29, 0.717) is 17.3 Å². The average Bonchev–Trinajstić information content (AvgIpc) is 2.95. The van der Waals surface area contributed by atoms with Crippen LogP contribution in [0.15, 0.2) is 6.07 Å². The highest BCUT2D eigenvalue weighted by Gasteiger charge is 2.30. The molecule has 1 aliphatic carbocycles. The molecule has 1 aromatic heterocycles. The van der Waals surface area contributed by atoms with E-state index in [9.17, 15) is 14.4 Å². The van der Waals surface area contributed by atoms with Crippen LogP contribution in [0.4, 0.5) is 4.79 Å². The van der Waals surface area contributed by atoms with Gasteiger partial charge in [0, 0.05) is 11.4 Å². The van der Waals surface area contributed by atoms with Gasteiger partial charge in [-0.3, -0.25) is 10.1 Å². The van der Waals surface area contributed by atoms with E-state index in [1.165, 1.54) is 21.8 Å². The monoisotopic (exact) mass is 366 g/mol. The Morgan fingerprint density at radius 3 is 2.68 bits per heavy atom. The molecule has 2 N–H and O–H groups in total. The van der Waals surface area contributed by atoms with Crippen molar-refractivity contribution in [2.45, 2.75) is 47.0 Å². The van der Waals surface area contributed by atoms with Crippen LogP contribution < -0.4 is 10.6 Å². The van der Waals surface area contributed by atoms with Gasteiger partial charge in [0.15, 0.2) is 6.61 Å². The summed E-state index contributed by atoms with van der Waals surface area (Å²) in [5.74, 6) is -0.562. The summed E-state index contributed by atoms with van der Waals surface area (Å²) in [7, 11) is 0. The molecule has 0 fully saturated rings. The molecule has 7 heteroatoms. The van der Waals surface area contributed by atoms with Crippen LogP contribution in [0.5, 0.6) is 0 Å². The Kier molecular flexibility index (Phi) is 6.21. The molecular formula is C18H26N2O4S. The highest BCUT2D eigenvalue weighted by atomic mass is 32.1. The number of ether oxygens (including phenoxy) is 1. The molecule has 1 heterocycles. The minimum Gasteiger partial charge on any atom is -0.451 e. The number of esters is 1. The van der Waals surface area contributed by atoms with E-state index in [2.05, 4.69) is 31.4 Å². The molecule has 6 nitrogen and oxygen atoms in total. The molecule has 0 bridgehead atoms. The number of urea groups is 1. The molecule has 25 heavy (non-hydrogen) atoms. The van der Waals surface area contributed by atoms with Crippen molar-refractivity contribution in [1.29, 1.82) is 0 Å². The van der Waals surface area contributed by atoms with Crippen molar-refractivity contribution >= 4 is 29.2 Å². The first kappa shape index (κ1) is 19.4. The number of hydrogen-bond acceptors (Lipinski definition) is 5. The number of amides is 3. The van der Waals surface area contributed by atoms with Crippen LogP contribution in [-0.4, -0.2) is 31.1 Å². The van der Waals surface area contributed by atoms with Crippen LogP contribution in [0.2, 0.25) is 0 Å². The van der Waals surface area contributed by atoms with Gasteiger partial charge in [-0.15, -0.1) is 11.3 Å². The van der Waals surface area contributed by atoms with Gasteiger partial charge in [0.1, 0.15) is 4.88 Å². The third kappa shape index (κ3) is 5.29. The molecule has 1 aromatic rings. The number of fused-ring (bicyclic) bond motifs is 1. The van der Waals surface area contributed by atoms with Gasteiger partial charge in [0.05, 0.1) is 0 Å². The fourth-order valence-electron chi connectivity index (χ4n) is 2.93. The Labute approximate surface area is 152 Å². The van der Waals surface area contributed by atoms with Gasteiger partial charge in [-0.25, -0.2) is 9.59 Å². The van der Waals surface area contributed by atoms with Crippen molar-refractivity contribution in [3.05, 3.63) is 21.4 Å². The molecule has 0 aromatic carbocycles. The number of aryl methyl sites for hydroxylation is 1. The van der Waals surface area contributed by atoms with Crippen LogP contribution in [0.1, 0.15) is 54.2 Å². The number of nitrogens with one attached hydrogen (secondary N) is 2. The van der Waals surface area contributed by atoms with Crippen LogP contribution >= 0.6 is 11.3 Å². The minimum atomic E-state index is -0.645. The fourth-order valence-corrected chi connectivity index (χ4v) is 4.04. The summed E-state index contributed by atoms with van der Waals surface area (Å²) in [6, 6.07) is 1.30. The minimum absolute atomic E-state index is 0.247. The predicted molar refractivity (Wildman–Crippen MR) is 96.8 cm³/mol. The molecule has 138 valence electrons. The van der Waals surface area contributed by atoms with E-state index in [0.717, 1.165) is 19.3 Å². The Hall–Kier alpha value is -1.89. The van der Waals surface area contributed by atoms with E-state index < -0.39 is 24.5 Å². The molecule has 3 amide bonds. The van der Waals surface area contributed by atoms with E-state index in [4.69, 9.17) is 4.74 Å². The van der Waals surface area contributed by atoms with Gasteiger partial charge in [0.25, 0.3) is 5.91 Å². The number of carbonyl (C=O) groups is 3. The second-order valence-corrected chi connectivity index (χ2v) is 8.49. The lowest BCUT2D eigenvalue weighted by atomic mass is 9.72. The van der Waals surface area contributed by atoms with Crippen molar-refractivity contribution in [2.75, 3.05) is 13.2 Å². The maximum absolute atomic E-state index is 12.2. The third-order valence-electron chi connectivity index (χ3n) is 4.43. The summed E-state index contributed by atoms with van der Waals surface area (Å²) in [5.41, 5.74) is 1.46. The van der Waals surface area contributed by atoms with Gasteiger partial charge in [0.2, 0.25) is 0 Å². The molecule has 0 saturated carbocycles. The fraction of sp³-hybridized carbons (Fsp3) is 0.611. The average molecular weight is 366 g/mol. The van der Waals surface area contributed by atoms with Crippen molar-refractivity contribution in [2.24, 2.45) is 11.3 Å². The Balaban J connectivity index is 1.91. The maximum atomic E-state index is 12.2. The van der Waals surface area contributed by atoms with Gasteiger partial charge in [-0.2, -0.15) is 0 Å². The lowest BCUT2D eigenvalue weighted by Crippen LogP contribution is -2.41. The van der Waals surface area contributed by atoms with Crippen molar-refractivity contribution in [1.82, 2.24) is 10.6 Å². The SMILES string of the molecule is CCNC(=O)NC(=O)COC(=O)c1cc2c(s1)CC[C@@H](C(C)(C)C)C2. The lowest BCUT2D eigenvalue weighted by Gasteiger charge is -2.33. The number of thiophene rings is 1. The predicted octanol–water partition coefficient (Wildman–Crippen LogP) is 2.90. The van der Waals surface area contributed by atoms with E-state index in [1.54, 1.807) is 6.92 Å². The number of hydrogen-bond donors (Lipinski definition) is 2. The standard InChI is InChI=1S/C18H26N2O4S/c1-5-19-17(23)20-15(21)10-24-16(22)14-9-11-8-12(18(2,3)4)6-7-13(11)25-14/h9,12H,5-8,10H2,1-4H3,(H2,19,20,21,23)/t12-/m1/s1. The summed E-state index contributed by atoms with van der Waals surface area (Å²) in [6.07, 6.45) is 3.08. The molecule has 0 saturated heterocycles. The molecule has 0 unspecified atom stereocenters. The van der Waals surface area contributed by atoms with Crippen LogP contribution in [0.25, 0.3) is 0 Å². The molecule has 2 rings (SSSR count). The van der Waals surface area contributed by atoms with Crippen molar-refractivity contribution in [3.8, 4) is 0 Å².